The number of rotatable bonds is 10. The molecule has 0 N–H and O–H groups in total. The summed E-state index contributed by atoms with van der Waals surface area (Å²) in [6.45, 7) is 5.26. The molecule has 6 heteroatoms. The molecule has 0 bridgehead atoms. The first-order chi connectivity index (χ1) is 17.6. The summed E-state index contributed by atoms with van der Waals surface area (Å²) >= 11 is 0. The molecule has 1 fully saturated rings. The van der Waals surface area contributed by atoms with Crippen LogP contribution in [-0.2, 0) is 32.7 Å². The van der Waals surface area contributed by atoms with Crippen LogP contribution in [0.3, 0.4) is 0 Å². The summed E-state index contributed by atoms with van der Waals surface area (Å²) in [5, 5.41) is 4.20. The molecule has 2 aromatic heterocycles. The Labute approximate surface area is 211 Å². The minimum atomic E-state index is -0.444. The fourth-order valence-electron chi connectivity index (χ4n) is 4.55. The Hall–Kier alpha value is -3.77. The van der Waals surface area contributed by atoms with Gasteiger partial charge >= 0.3 is 5.97 Å². The number of benzene rings is 2. The molecule has 0 unspecified atom stereocenters. The third-order valence-electron chi connectivity index (χ3n) is 6.79. The summed E-state index contributed by atoms with van der Waals surface area (Å²) in [5.74, 6) is 0.670. The number of carbonyl (C=O) groups excluding carboxylic acids is 1. The van der Waals surface area contributed by atoms with Crippen molar-refractivity contribution in [3.8, 4) is 22.5 Å². The van der Waals surface area contributed by atoms with Crippen LogP contribution in [0.5, 0.6) is 0 Å². The summed E-state index contributed by atoms with van der Waals surface area (Å²) < 4.78 is 16.8. The van der Waals surface area contributed by atoms with Crippen molar-refractivity contribution in [1.82, 2.24) is 10.1 Å². The predicted octanol–water partition coefficient (Wildman–Crippen LogP) is 6.07. The van der Waals surface area contributed by atoms with Crippen LogP contribution in [0.25, 0.3) is 22.5 Å². The van der Waals surface area contributed by atoms with Crippen molar-refractivity contribution in [3.63, 3.8) is 0 Å². The molecule has 1 saturated carbocycles. The maximum absolute atomic E-state index is 12.4. The highest BCUT2D eigenvalue weighted by Gasteiger charge is 2.52. The Morgan fingerprint density at radius 3 is 2.31 bits per heavy atom. The molecule has 0 aliphatic heterocycles. The third-order valence-corrected chi connectivity index (χ3v) is 6.79. The summed E-state index contributed by atoms with van der Waals surface area (Å²) in [7, 11) is 0. The van der Waals surface area contributed by atoms with E-state index in [4.69, 9.17) is 14.0 Å². The molecular formula is C30H30N2O4. The van der Waals surface area contributed by atoms with Gasteiger partial charge in [-0.05, 0) is 55.5 Å². The number of carbonyl (C=O) groups is 1. The first-order valence-electron chi connectivity index (χ1n) is 12.4. The summed E-state index contributed by atoms with van der Waals surface area (Å²) in [5.41, 5.74) is 6.62. The van der Waals surface area contributed by atoms with Crippen LogP contribution in [0.4, 0.5) is 0 Å². The van der Waals surface area contributed by atoms with Gasteiger partial charge in [-0.25, -0.2) is 0 Å². The van der Waals surface area contributed by atoms with E-state index in [9.17, 15) is 4.79 Å². The van der Waals surface area contributed by atoms with Crippen molar-refractivity contribution in [2.75, 3.05) is 13.2 Å². The predicted molar refractivity (Wildman–Crippen MR) is 137 cm³/mol. The fourth-order valence-corrected chi connectivity index (χ4v) is 4.55. The molecule has 36 heavy (non-hydrogen) atoms. The Morgan fingerprint density at radius 2 is 1.67 bits per heavy atom. The van der Waals surface area contributed by atoms with Gasteiger partial charge in [0.2, 0.25) is 0 Å². The van der Waals surface area contributed by atoms with Gasteiger partial charge in [-0.3, -0.25) is 9.78 Å². The minimum Gasteiger partial charge on any atom is -0.465 e. The largest absolute Gasteiger partial charge is 0.465 e. The lowest BCUT2D eigenvalue weighted by Crippen LogP contribution is -2.23. The maximum Gasteiger partial charge on any atom is 0.316 e. The van der Waals surface area contributed by atoms with E-state index in [2.05, 4.69) is 58.7 Å². The highest BCUT2D eigenvalue weighted by Crippen LogP contribution is 2.49. The van der Waals surface area contributed by atoms with Gasteiger partial charge in [0.15, 0.2) is 5.76 Å². The molecule has 0 saturated heterocycles. The molecule has 0 atom stereocenters. The van der Waals surface area contributed by atoms with E-state index in [1.807, 2.05) is 32.0 Å². The van der Waals surface area contributed by atoms with Gasteiger partial charge in [-0.2, -0.15) is 0 Å². The molecule has 184 valence electrons. The lowest BCUT2D eigenvalue weighted by molar-refractivity contribution is -0.146. The quantitative estimate of drug-likeness (QED) is 0.202. The summed E-state index contributed by atoms with van der Waals surface area (Å²) in [6.07, 6.45) is 4.19. The normalized spacial score (nSPS) is 13.9. The van der Waals surface area contributed by atoms with Crippen molar-refractivity contribution in [2.24, 2.45) is 0 Å². The monoisotopic (exact) mass is 482 g/mol. The van der Waals surface area contributed by atoms with Gasteiger partial charge in [0.25, 0.3) is 0 Å². The van der Waals surface area contributed by atoms with Crippen LogP contribution in [-0.4, -0.2) is 29.3 Å². The van der Waals surface area contributed by atoms with Gasteiger partial charge in [0.05, 0.1) is 36.6 Å². The van der Waals surface area contributed by atoms with E-state index in [-0.39, 0.29) is 5.97 Å². The second-order valence-corrected chi connectivity index (χ2v) is 9.16. The third kappa shape index (κ3) is 4.95. The van der Waals surface area contributed by atoms with Gasteiger partial charge in [0.1, 0.15) is 0 Å². The van der Waals surface area contributed by atoms with Crippen molar-refractivity contribution < 1.29 is 18.8 Å². The van der Waals surface area contributed by atoms with E-state index in [0.717, 1.165) is 57.8 Å². The first kappa shape index (κ1) is 23.9. The van der Waals surface area contributed by atoms with Crippen molar-refractivity contribution in [2.45, 2.75) is 45.1 Å². The number of hydrogen-bond donors (Lipinski definition) is 0. The highest BCUT2D eigenvalue weighted by molar-refractivity contribution is 5.87. The van der Waals surface area contributed by atoms with Crippen molar-refractivity contribution in [3.05, 3.63) is 95.4 Å². The van der Waals surface area contributed by atoms with Crippen LogP contribution >= 0.6 is 0 Å². The van der Waals surface area contributed by atoms with E-state index >= 15 is 0 Å². The van der Waals surface area contributed by atoms with Crippen LogP contribution in [0.15, 0.2) is 77.4 Å². The standard InChI is InChI=1S/C30H30N2O4/c1-3-35-29(33)30(16-17-30)25-13-11-23(12-14-25)22-7-9-24(10-8-22)28-27(21(2)32-36-28)15-19-34-20-26-6-4-5-18-31-26/h4-14,18H,3,15-17,19-20H2,1-2H3. The number of nitrogens with zero attached hydrogens (tertiary/aromatic N) is 2. The van der Waals surface area contributed by atoms with E-state index in [1.54, 1.807) is 6.20 Å². The SMILES string of the molecule is CCOC(=O)C1(c2ccc(-c3ccc(-c4onc(C)c4CCOCc4ccccn4)cc3)cc2)CC1. The van der Waals surface area contributed by atoms with Gasteiger partial charge in [0, 0.05) is 23.7 Å². The molecule has 1 aliphatic rings. The molecule has 0 radical (unpaired) electrons. The van der Waals surface area contributed by atoms with Gasteiger partial charge in [-0.1, -0.05) is 59.8 Å². The van der Waals surface area contributed by atoms with E-state index < -0.39 is 5.41 Å². The van der Waals surface area contributed by atoms with Crippen LogP contribution < -0.4 is 0 Å². The number of aryl methyl sites for hydroxylation is 1. The zero-order valence-electron chi connectivity index (χ0n) is 20.7. The Morgan fingerprint density at radius 1 is 0.972 bits per heavy atom. The van der Waals surface area contributed by atoms with Crippen molar-refractivity contribution in [1.29, 1.82) is 0 Å². The molecule has 0 amide bonds. The molecule has 0 spiro atoms. The topological polar surface area (TPSA) is 74.5 Å². The lowest BCUT2D eigenvalue weighted by atomic mass is 9.93. The van der Waals surface area contributed by atoms with Crippen LogP contribution in [0.1, 0.15) is 42.3 Å². The molecule has 5 rings (SSSR count). The Balaban J connectivity index is 1.25. The number of pyridine rings is 1. The van der Waals surface area contributed by atoms with Crippen LogP contribution in [0, 0.1) is 6.92 Å². The van der Waals surface area contributed by atoms with Crippen molar-refractivity contribution >= 4 is 5.97 Å². The zero-order chi connectivity index (χ0) is 25.0. The molecule has 4 aromatic rings. The molecule has 1 aliphatic carbocycles. The average Bonchev–Trinajstić information content (AvgIpc) is 3.66. The van der Waals surface area contributed by atoms with Gasteiger partial charge < -0.3 is 14.0 Å². The van der Waals surface area contributed by atoms with E-state index in [0.29, 0.717) is 26.2 Å². The van der Waals surface area contributed by atoms with Crippen LogP contribution in [0.2, 0.25) is 0 Å². The molecular weight excluding hydrogens is 452 g/mol. The zero-order valence-corrected chi connectivity index (χ0v) is 20.7. The maximum atomic E-state index is 12.4. The lowest BCUT2D eigenvalue weighted by Gasteiger charge is -2.14. The second kappa shape index (κ2) is 10.5. The minimum absolute atomic E-state index is 0.109. The Bertz CT molecular complexity index is 1310. The number of esters is 1. The first-order valence-corrected chi connectivity index (χ1v) is 12.4. The molecule has 6 nitrogen and oxygen atoms in total. The summed E-state index contributed by atoms with van der Waals surface area (Å²) in [4.78, 5) is 16.7. The summed E-state index contributed by atoms with van der Waals surface area (Å²) in [6, 6.07) is 22.3. The fraction of sp³-hybridized carbons (Fsp3) is 0.300. The Kier molecular flexibility index (Phi) is 6.96. The highest BCUT2D eigenvalue weighted by atomic mass is 16.5. The number of aromatic nitrogens is 2. The number of ether oxygens (including phenoxy) is 2. The second-order valence-electron chi connectivity index (χ2n) is 9.16. The molecule has 2 heterocycles. The van der Waals surface area contributed by atoms with E-state index in [1.165, 1.54) is 0 Å². The molecule has 2 aromatic carbocycles. The smallest absolute Gasteiger partial charge is 0.316 e. The number of hydrogen-bond acceptors (Lipinski definition) is 6. The average molecular weight is 483 g/mol. The van der Waals surface area contributed by atoms with Gasteiger partial charge in [-0.15, -0.1) is 0 Å².